The zero-order chi connectivity index (χ0) is 18.9. The summed E-state index contributed by atoms with van der Waals surface area (Å²) in [5, 5.41) is 6.77. The van der Waals surface area contributed by atoms with Gasteiger partial charge in [-0.25, -0.2) is 0 Å². The number of rotatable bonds is 6. The molecule has 2 aromatic carbocycles. The second kappa shape index (κ2) is 9.83. The summed E-state index contributed by atoms with van der Waals surface area (Å²) in [5.74, 6) is 1.64. The molecular formula is C21H28N4O2. The Hall–Kier alpha value is -2.73. The SMILES string of the molecule is CN=C(NCc1ccc(OC)cc1)NCc1ccccc1N1CCOCC1. The molecule has 0 spiro atoms. The molecule has 1 fully saturated rings. The first-order valence-corrected chi connectivity index (χ1v) is 9.28. The van der Waals surface area contributed by atoms with Crippen molar-refractivity contribution in [2.24, 2.45) is 4.99 Å². The highest BCUT2D eigenvalue weighted by Gasteiger charge is 2.14. The number of methoxy groups -OCH3 is 1. The third-order valence-corrected chi connectivity index (χ3v) is 4.63. The number of hydrogen-bond donors (Lipinski definition) is 2. The summed E-state index contributed by atoms with van der Waals surface area (Å²) in [7, 11) is 3.46. The van der Waals surface area contributed by atoms with Gasteiger partial charge in [0, 0.05) is 38.9 Å². The first kappa shape index (κ1) is 19.0. The van der Waals surface area contributed by atoms with Crippen molar-refractivity contribution in [3.8, 4) is 5.75 Å². The third kappa shape index (κ3) is 5.37. The summed E-state index contributed by atoms with van der Waals surface area (Å²) in [6.07, 6.45) is 0. The van der Waals surface area contributed by atoms with Gasteiger partial charge in [-0.15, -0.1) is 0 Å². The molecule has 1 saturated heterocycles. The molecule has 0 atom stereocenters. The number of aliphatic imine (C=N–C) groups is 1. The van der Waals surface area contributed by atoms with Crippen LogP contribution in [-0.4, -0.2) is 46.4 Å². The lowest BCUT2D eigenvalue weighted by atomic mass is 10.1. The molecule has 2 aromatic rings. The largest absolute Gasteiger partial charge is 0.497 e. The monoisotopic (exact) mass is 368 g/mol. The Morgan fingerprint density at radius 2 is 1.74 bits per heavy atom. The van der Waals surface area contributed by atoms with Crippen molar-refractivity contribution in [2.75, 3.05) is 45.4 Å². The molecule has 0 bridgehead atoms. The highest BCUT2D eigenvalue weighted by Crippen LogP contribution is 2.21. The van der Waals surface area contributed by atoms with Crippen LogP contribution >= 0.6 is 0 Å². The van der Waals surface area contributed by atoms with E-state index in [1.165, 1.54) is 16.8 Å². The number of morpholine rings is 1. The van der Waals surface area contributed by atoms with Crippen LogP contribution in [0.15, 0.2) is 53.5 Å². The Balaban J connectivity index is 1.56. The zero-order valence-electron chi connectivity index (χ0n) is 16.1. The lowest BCUT2D eigenvalue weighted by molar-refractivity contribution is 0.122. The van der Waals surface area contributed by atoms with Crippen LogP contribution in [0.5, 0.6) is 5.75 Å². The van der Waals surface area contributed by atoms with Gasteiger partial charge in [-0.1, -0.05) is 30.3 Å². The Morgan fingerprint density at radius 3 is 2.44 bits per heavy atom. The predicted octanol–water partition coefficient (Wildman–Crippen LogP) is 2.40. The minimum Gasteiger partial charge on any atom is -0.497 e. The van der Waals surface area contributed by atoms with Gasteiger partial charge in [0.2, 0.25) is 0 Å². The van der Waals surface area contributed by atoms with E-state index in [9.17, 15) is 0 Å². The van der Waals surface area contributed by atoms with Crippen molar-refractivity contribution in [1.82, 2.24) is 10.6 Å². The average molecular weight is 368 g/mol. The fourth-order valence-electron chi connectivity index (χ4n) is 3.10. The van der Waals surface area contributed by atoms with Crippen LogP contribution in [0.25, 0.3) is 0 Å². The number of ether oxygens (including phenoxy) is 2. The molecule has 3 rings (SSSR count). The van der Waals surface area contributed by atoms with Crippen molar-refractivity contribution in [3.05, 3.63) is 59.7 Å². The summed E-state index contributed by atoms with van der Waals surface area (Å²) >= 11 is 0. The van der Waals surface area contributed by atoms with Gasteiger partial charge >= 0.3 is 0 Å². The van der Waals surface area contributed by atoms with Crippen LogP contribution in [0, 0.1) is 0 Å². The van der Waals surface area contributed by atoms with E-state index < -0.39 is 0 Å². The van der Waals surface area contributed by atoms with Crippen LogP contribution in [-0.2, 0) is 17.8 Å². The van der Waals surface area contributed by atoms with Gasteiger partial charge in [-0.05, 0) is 29.3 Å². The topological polar surface area (TPSA) is 58.1 Å². The first-order valence-electron chi connectivity index (χ1n) is 9.28. The molecule has 6 heteroatoms. The van der Waals surface area contributed by atoms with Crippen molar-refractivity contribution < 1.29 is 9.47 Å². The molecule has 1 aliphatic heterocycles. The van der Waals surface area contributed by atoms with Crippen molar-refractivity contribution in [3.63, 3.8) is 0 Å². The number of anilines is 1. The Kier molecular flexibility index (Phi) is 6.93. The lowest BCUT2D eigenvalue weighted by Gasteiger charge is -2.30. The van der Waals surface area contributed by atoms with Gasteiger partial charge in [-0.2, -0.15) is 0 Å². The molecule has 27 heavy (non-hydrogen) atoms. The van der Waals surface area contributed by atoms with E-state index in [1.807, 2.05) is 24.3 Å². The minimum atomic E-state index is 0.703. The fourth-order valence-corrected chi connectivity index (χ4v) is 3.10. The maximum absolute atomic E-state index is 5.47. The Morgan fingerprint density at radius 1 is 1.04 bits per heavy atom. The summed E-state index contributed by atoms with van der Waals surface area (Å²) in [4.78, 5) is 6.71. The number of para-hydroxylation sites is 1. The molecule has 1 heterocycles. The van der Waals surface area contributed by atoms with Gasteiger partial charge < -0.3 is 25.0 Å². The second-order valence-electron chi connectivity index (χ2n) is 6.36. The molecule has 0 amide bonds. The molecule has 0 saturated carbocycles. The number of benzene rings is 2. The third-order valence-electron chi connectivity index (χ3n) is 4.63. The fraction of sp³-hybridized carbons (Fsp3) is 0.381. The quantitative estimate of drug-likeness (QED) is 0.606. The van der Waals surface area contributed by atoms with E-state index >= 15 is 0 Å². The molecule has 0 aromatic heterocycles. The molecule has 2 N–H and O–H groups in total. The normalized spacial score (nSPS) is 14.7. The molecule has 0 radical (unpaired) electrons. The number of hydrogen-bond acceptors (Lipinski definition) is 4. The average Bonchev–Trinajstić information content (AvgIpc) is 2.75. The van der Waals surface area contributed by atoms with E-state index in [2.05, 4.69) is 44.8 Å². The van der Waals surface area contributed by atoms with Gasteiger partial charge in [-0.3, -0.25) is 4.99 Å². The van der Waals surface area contributed by atoms with Crippen LogP contribution < -0.4 is 20.3 Å². The molecule has 144 valence electrons. The van der Waals surface area contributed by atoms with Crippen LogP contribution in [0.2, 0.25) is 0 Å². The minimum absolute atomic E-state index is 0.703. The van der Waals surface area contributed by atoms with Crippen molar-refractivity contribution >= 4 is 11.6 Å². The molecule has 0 aliphatic carbocycles. The van der Waals surface area contributed by atoms with Gasteiger partial charge in [0.25, 0.3) is 0 Å². The second-order valence-corrected chi connectivity index (χ2v) is 6.36. The maximum atomic E-state index is 5.47. The Labute approximate surface area is 161 Å². The summed E-state index contributed by atoms with van der Waals surface area (Å²) in [5.41, 5.74) is 3.69. The first-order chi connectivity index (χ1) is 13.3. The van der Waals surface area contributed by atoms with Gasteiger partial charge in [0.1, 0.15) is 5.75 Å². The summed E-state index contributed by atoms with van der Waals surface area (Å²) < 4.78 is 10.7. The smallest absolute Gasteiger partial charge is 0.191 e. The maximum Gasteiger partial charge on any atom is 0.191 e. The molecular weight excluding hydrogens is 340 g/mol. The van der Waals surface area contributed by atoms with Gasteiger partial charge in [0.15, 0.2) is 5.96 Å². The summed E-state index contributed by atoms with van der Waals surface area (Å²) in [6, 6.07) is 16.5. The lowest BCUT2D eigenvalue weighted by Crippen LogP contribution is -2.38. The van der Waals surface area contributed by atoms with Crippen molar-refractivity contribution in [2.45, 2.75) is 13.1 Å². The predicted molar refractivity (Wildman–Crippen MR) is 110 cm³/mol. The van der Waals surface area contributed by atoms with Crippen LogP contribution in [0.1, 0.15) is 11.1 Å². The number of nitrogens with zero attached hydrogens (tertiary/aromatic N) is 2. The highest BCUT2D eigenvalue weighted by molar-refractivity contribution is 5.79. The van der Waals surface area contributed by atoms with E-state index in [0.29, 0.717) is 6.54 Å². The molecule has 1 aliphatic rings. The number of nitrogens with one attached hydrogen (secondary N) is 2. The van der Waals surface area contributed by atoms with E-state index in [-0.39, 0.29) is 0 Å². The number of guanidine groups is 1. The van der Waals surface area contributed by atoms with E-state index in [1.54, 1.807) is 14.2 Å². The van der Waals surface area contributed by atoms with Crippen molar-refractivity contribution in [1.29, 1.82) is 0 Å². The van der Waals surface area contributed by atoms with E-state index in [4.69, 9.17) is 9.47 Å². The van der Waals surface area contributed by atoms with Crippen LogP contribution in [0.4, 0.5) is 5.69 Å². The molecule has 6 nitrogen and oxygen atoms in total. The summed E-state index contributed by atoms with van der Waals surface area (Å²) in [6.45, 7) is 4.85. The Bertz CT molecular complexity index is 740. The standard InChI is InChI=1S/C21H28N4O2/c1-22-21(23-15-17-7-9-19(26-2)10-8-17)24-16-18-5-3-4-6-20(18)25-11-13-27-14-12-25/h3-10H,11-16H2,1-2H3,(H2,22,23,24). The zero-order valence-corrected chi connectivity index (χ0v) is 16.1. The molecule has 0 unspecified atom stereocenters. The van der Waals surface area contributed by atoms with Gasteiger partial charge in [0.05, 0.1) is 20.3 Å². The van der Waals surface area contributed by atoms with E-state index in [0.717, 1.165) is 44.6 Å². The highest BCUT2D eigenvalue weighted by atomic mass is 16.5. The van der Waals surface area contributed by atoms with Crippen LogP contribution in [0.3, 0.4) is 0 Å².